The molecule has 3 nitrogen and oxygen atoms in total. The third-order valence-electron chi connectivity index (χ3n) is 2.89. The molecule has 0 saturated carbocycles. The van der Waals surface area contributed by atoms with Crippen molar-refractivity contribution in [1.82, 2.24) is 4.90 Å². The van der Waals surface area contributed by atoms with E-state index in [1.807, 2.05) is 0 Å². The van der Waals surface area contributed by atoms with E-state index in [2.05, 4.69) is 32.7 Å². The molecule has 0 spiro atoms. The quantitative estimate of drug-likeness (QED) is 0.932. The Labute approximate surface area is 109 Å². The van der Waals surface area contributed by atoms with Gasteiger partial charge >= 0.3 is 0 Å². The van der Waals surface area contributed by atoms with Crippen molar-refractivity contribution in [2.45, 2.75) is 19.4 Å². The average molecular weight is 300 g/mol. The highest BCUT2D eigenvalue weighted by Crippen LogP contribution is 2.28. The lowest BCUT2D eigenvalue weighted by molar-refractivity contribution is 0.347. The van der Waals surface area contributed by atoms with Gasteiger partial charge in [0, 0.05) is 6.54 Å². The first-order chi connectivity index (χ1) is 8.13. The molecule has 0 aliphatic carbocycles. The first kappa shape index (κ1) is 12.4. The predicted molar refractivity (Wildman–Crippen MR) is 70.3 cm³/mol. The molecule has 0 bridgehead atoms. The monoisotopic (exact) mass is 299 g/mol. The topological polar surface area (TPSA) is 41.6 Å². The minimum absolute atomic E-state index is 0.131. The fourth-order valence-corrected chi connectivity index (χ4v) is 2.44. The summed E-state index contributed by atoms with van der Waals surface area (Å²) >= 11 is 3.20. The van der Waals surface area contributed by atoms with Crippen LogP contribution in [0.4, 0.5) is 4.39 Å². The molecule has 1 atom stereocenters. The second-order valence-corrected chi connectivity index (χ2v) is 4.94. The van der Waals surface area contributed by atoms with E-state index in [0.717, 1.165) is 18.5 Å². The summed E-state index contributed by atoms with van der Waals surface area (Å²) in [6, 6.07) is 5.20. The van der Waals surface area contributed by atoms with Crippen LogP contribution in [-0.4, -0.2) is 23.9 Å². The van der Waals surface area contributed by atoms with Gasteiger partial charge in [-0.05, 0) is 40.0 Å². The Morgan fingerprint density at radius 2 is 2.35 bits per heavy atom. The van der Waals surface area contributed by atoms with Crippen LogP contribution in [0.5, 0.6) is 0 Å². The maximum absolute atomic E-state index is 13.2. The van der Waals surface area contributed by atoms with Gasteiger partial charge in [0.1, 0.15) is 5.82 Å². The molecule has 1 unspecified atom stereocenters. The molecule has 1 aromatic carbocycles. The number of benzene rings is 1. The van der Waals surface area contributed by atoms with Crippen molar-refractivity contribution in [3.63, 3.8) is 0 Å². The fourth-order valence-electron chi connectivity index (χ4n) is 2.05. The summed E-state index contributed by atoms with van der Waals surface area (Å²) in [7, 11) is 0. The lowest BCUT2D eigenvalue weighted by Crippen LogP contribution is -2.36. The maximum atomic E-state index is 13.2. The van der Waals surface area contributed by atoms with Crippen LogP contribution in [0.25, 0.3) is 0 Å². The van der Waals surface area contributed by atoms with Gasteiger partial charge in [-0.1, -0.05) is 13.0 Å². The van der Waals surface area contributed by atoms with Crippen molar-refractivity contribution < 1.29 is 4.39 Å². The molecule has 5 heteroatoms. The normalized spacial score (nSPS) is 19.6. The molecule has 92 valence electrons. The number of rotatable bonds is 3. The van der Waals surface area contributed by atoms with Crippen LogP contribution in [0.15, 0.2) is 27.7 Å². The third-order valence-corrected chi connectivity index (χ3v) is 3.50. The number of nitrogens with zero attached hydrogens (tertiary/aromatic N) is 2. The van der Waals surface area contributed by atoms with Gasteiger partial charge in [-0.3, -0.25) is 4.99 Å². The van der Waals surface area contributed by atoms with Gasteiger partial charge in [-0.15, -0.1) is 0 Å². The van der Waals surface area contributed by atoms with E-state index in [9.17, 15) is 4.39 Å². The van der Waals surface area contributed by atoms with E-state index in [4.69, 9.17) is 5.73 Å². The van der Waals surface area contributed by atoms with Crippen LogP contribution in [0, 0.1) is 5.82 Å². The predicted octanol–water partition coefficient (Wildman–Crippen LogP) is 2.67. The fraction of sp³-hybridized carbons (Fsp3) is 0.417. The summed E-state index contributed by atoms with van der Waals surface area (Å²) in [5.74, 6) is 0.333. The summed E-state index contributed by atoms with van der Waals surface area (Å²) < 4.78 is 13.7. The van der Waals surface area contributed by atoms with E-state index < -0.39 is 0 Å². The Morgan fingerprint density at radius 1 is 1.59 bits per heavy atom. The summed E-state index contributed by atoms with van der Waals surface area (Å²) in [4.78, 5) is 6.33. The Balaban J connectivity index is 2.25. The zero-order valence-electron chi connectivity index (χ0n) is 9.66. The van der Waals surface area contributed by atoms with Gasteiger partial charge in [-0.2, -0.15) is 0 Å². The largest absolute Gasteiger partial charge is 0.370 e. The molecule has 0 amide bonds. The number of guanidine groups is 1. The van der Waals surface area contributed by atoms with Crippen LogP contribution in [0.3, 0.4) is 0 Å². The zero-order chi connectivity index (χ0) is 12.4. The van der Waals surface area contributed by atoms with E-state index in [1.165, 1.54) is 6.07 Å². The standard InChI is InChI=1S/C12H15BrFN3/c1-2-5-17-11(7-16-12(17)15)8-3-4-10(14)9(13)6-8/h3-4,6,11H,2,5,7H2,1H3,(H2,15,16). The highest BCUT2D eigenvalue weighted by Gasteiger charge is 2.26. The number of nitrogens with two attached hydrogens (primary N) is 1. The van der Waals surface area contributed by atoms with Gasteiger partial charge in [0.2, 0.25) is 0 Å². The lowest BCUT2D eigenvalue weighted by Gasteiger charge is -2.26. The van der Waals surface area contributed by atoms with Crippen molar-refractivity contribution >= 4 is 21.9 Å². The molecular weight excluding hydrogens is 285 g/mol. The van der Waals surface area contributed by atoms with E-state index >= 15 is 0 Å². The van der Waals surface area contributed by atoms with Gasteiger partial charge in [0.05, 0.1) is 17.1 Å². The molecule has 1 aliphatic rings. The molecular formula is C12H15BrFN3. The first-order valence-electron chi connectivity index (χ1n) is 5.65. The molecule has 1 heterocycles. The summed E-state index contributed by atoms with van der Waals surface area (Å²) in [5, 5.41) is 0. The van der Waals surface area contributed by atoms with Gasteiger partial charge in [0.15, 0.2) is 5.96 Å². The van der Waals surface area contributed by atoms with Crippen LogP contribution in [0.1, 0.15) is 24.9 Å². The van der Waals surface area contributed by atoms with Gasteiger partial charge in [-0.25, -0.2) is 4.39 Å². The number of halogens is 2. The van der Waals surface area contributed by atoms with Crippen molar-refractivity contribution in [3.8, 4) is 0 Å². The minimum Gasteiger partial charge on any atom is -0.370 e. The van der Waals surface area contributed by atoms with Crippen molar-refractivity contribution in [3.05, 3.63) is 34.1 Å². The Bertz CT molecular complexity index is 447. The number of hydrogen-bond acceptors (Lipinski definition) is 3. The minimum atomic E-state index is -0.248. The van der Waals surface area contributed by atoms with Crippen molar-refractivity contribution in [2.75, 3.05) is 13.1 Å². The summed E-state index contributed by atoms with van der Waals surface area (Å²) in [6.07, 6.45) is 1.01. The molecule has 0 aromatic heterocycles. The summed E-state index contributed by atoms with van der Waals surface area (Å²) in [6.45, 7) is 3.61. The highest BCUT2D eigenvalue weighted by atomic mass is 79.9. The van der Waals surface area contributed by atoms with Gasteiger partial charge < -0.3 is 10.6 Å². The van der Waals surface area contributed by atoms with Crippen molar-refractivity contribution in [2.24, 2.45) is 10.7 Å². The number of aliphatic imine (C=N–C) groups is 1. The molecule has 2 N–H and O–H groups in total. The Morgan fingerprint density at radius 3 is 3.00 bits per heavy atom. The smallest absolute Gasteiger partial charge is 0.191 e. The van der Waals surface area contributed by atoms with Gasteiger partial charge in [0.25, 0.3) is 0 Å². The van der Waals surface area contributed by atoms with E-state index in [1.54, 1.807) is 12.1 Å². The molecule has 2 rings (SSSR count). The summed E-state index contributed by atoms with van der Waals surface area (Å²) in [5.41, 5.74) is 6.89. The molecule has 1 aliphatic heterocycles. The second kappa shape index (κ2) is 5.04. The average Bonchev–Trinajstić information content (AvgIpc) is 2.66. The first-order valence-corrected chi connectivity index (χ1v) is 6.44. The molecule has 1 aromatic rings. The van der Waals surface area contributed by atoms with E-state index in [0.29, 0.717) is 17.0 Å². The highest BCUT2D eigenvalue weighted by molar-refractivity contribution is 9.10. The van der Waals surface area contributed by atoms with Crippen LogP contribution in [-0.2, 0) is 0 Å². The molecule has 0 saturated heterocycles. The molecule has 0 radical (unpaired) electrons. The van der Waals surface area contributed by atoms with E-state index in [-0.39, 0.29) is 11.9 Å². The lowest BCUT2D eigenvalue weighted by atomic mass is 10.1. The zero-order valence-corrected chi connectivity index (χ0v) is 11.2. The maximum Gasteiger partial charge on any atom is 0.191 e. The number of hydrogen-bond donors (Lipinski definition) is 1. The van der Waals surface area contributed by atoms with Crippen LogP contribution in [0.2, 0.25) is 0 Å². The Hall–Kier alpha value is -1.10. The second-order valence-electron chi connectivity index (χ2n) is 4.08. The van der Waals surface area contributed by atoms with Crippen molar-refractivity contribution in [1.29, 1.82) is 0 Å². The van der Waals surface area contributed by atoms with Crippen LogP contribution >= 0.6 is 15.9 Å². The Kier molecular flexibility index (Phi) is 3.66. The van der Waals surface area contributed by atoms with Crippen LogP contribution < -0.4 is 5.73 Å². The molecule has 0 fully saturated rings. The SMILES string of the molecule is CCCN1C(N)=NCC1c1ccc(F)c(Br)c1. The third kappa shape index (κ3) is 2.44. The molecule has 17 heavy (non-hydrogen) atoms.